The lowest BCUT2D eigenvalue weighted by Crippen LogP contribution is -2.41. The quantitative estimate of drug-likeness (QED) is 0.909. The SMILES string of the molecule is CC1COc2ccccc2CN1C(=O)[C@@H]1[C@H](C(=O)O)C1(C)C. The summed E-state index contributed by atoms with van der Waals surface area (Å²) < 4.78 is 5.76. The molecule has 5 nitrogen and oxygen atoms in total. The first kappa shape index (κ1) is 14.9. The third-order valence-corrected chi connectivity index (χ3v) is 4.97. The molecule has 1 fully saturated rings. The van der Waals surface area contributed by atoms with Crippen LogP contribution in [0.15, 0.2) is 24.3 Å². The van der Waals surface area contributed by atoms with Gasteiger partial charge in [-0.2, -0.15) is 0 Å². The molecule has 118 valence electrons. The van der Waals surface area contributed by atoms with Gasteiger partial charge in [-0.25, -0.2) is 0 Å². The number of hydrogen-bond donors (Lipinski definition) is 1. The van der Waals surface area contributed by atoms with Crippen LogP contribution >= 0.6 is 0 Å². The summed E-state index contributed by atoms with van der Waals surface area (Å²) in [7, 11) is 0. The van der Waals surface area contributed by atoms with Gasteiger partial charge in [-0.05, 0) is 18.4 Å². The molecule has 1 aliphatic carbocycles. The zero-order valence-electron chi connectivity index (χ0n) is 13.1. The van der Waals surface area contributed by atoms with E-state index in [1.807, 2.05) is 45.0 Å². The molecular weight excluding hydrogens is 282 g/mol. The number of para-hydroxylation sites is 1. The van der Waals surface area contributed by atoms with E-state index in [1.54, 1.807) is 4.90 Å². The van der Waals surface area contributed by atoms with E-state index in [2.05, 4.69) is 0 Å². The molecule has 1 saturated carbocycles. The summed E-state index contributed by atoms with van der Waals surface area (Å²) in [6, 6.07) is 7.59. The number of ether oxygens (including phenoxy) is 1. The van der Waals surface area contributed by atoms with Crippen molar-refractivity contribution in [2.24, 2.45) is 17.3 Å². The van der Waals surface area contributed by atoms with Crippen LogP contribution in [0, 0.1) is 17.3 Å². The topological polar surface area (TPSA) is 66.8 Å². The highest BCUT2D eigenvalue weighted by molar-refractivity contribution is 5.91. The molecule has 1 aromatic rings. The van der Waals surface area contributed by atoms with Crippen LogP contribution in [0.2, 0.25) is 0 Å². The van der Waals surface area contributed by atoms with Crippen LogP contribution in [0.5, 0.6) is 5.75 Å². The number of aliphatic carboxylic acids is 1. The Labute approximate surface area is 129 Å². The zero-order chi connectivity index (χ0) is 16.1. The Kier molecular flexibility index (Phi) is 3.38. The Balaban J connectivity index is 1.85. The maximum absolute atomic E-state index is 12.9. The molecule has 3 atom stereocenters. The van der Waals surface area contributed by atoms with E-state index in [0.29, 0.717) is 13.2 Å². The molecule has 1 aromatic carbocycles. The maximum Gasteiger partial charge on any atom is 0.307 e. The molecule has 2 aliphatic rings. The molecule has 0 spiro atoms. The van der Waals surface area contributed by atoms with Crippen LogP contribution in [-0.2, 0) is 16.1 Å². The lowest BCUT2D eigenvalue weighted by Gasteiger charge is -2.27. The van der Waals surface area contributed by atoms with Crippen molar-refractivity contribution in [2.75, 3.05) is 6.61 Å². The number of nitrogens with zero attached hydrogens (tertiary/aromatic N) is 1. The average molecular weight is 303 g/mol. The summed E-state index contributed by atoms with van der Waals surface area (Å²) in [5, 5.41) is 9.29. The zero-order valence-corrected chi connectivity index (χ0v) is 13.1. The Morgan fingerprint density at radius 1 is 1.27 bits per heavy atom. The standard InChI is InChI=1S/C17H21NO4/c1-10-9-22-12-7-5-4-6-11(12)8-18(10)15(19)13-14(16(20)21)17(13,2)3/h4-7,10,13-14H,8-9H2,1-3H3,(H,20,21)/t10?,13-,14+/m0/s1. The highest BCUT2D eigenvalue weighted by Gasteiger charge is 2.66. The van der Waals surface area contributed by atoms with Crippen molar-refractivity contribution in [1.29, 1.82) is 0 Å². The van der Waals surface area contributed by atoms with Crippen molar-refractivity contribution in [3.8, 4) is 5.75 Å². The lowest BCUT2D eigenvalue weighted by molar-refractivity contribution is -0.143. The van der Waals surface area contributed by atoms with E-state index < -0.39 is 23.2 Å². The van der Waals surface area contributed by atoms with Gasteiger partial charge in [0.05, 0.1) is 17.9 Å². The van der Waals surface area contributed by atoms with E-state index in [9.17, 15) is 14.7 Å². The van der Waals surface area contributed by atoms with Crippen LogP contribution in [0.4, 0.5) is 0 Å². The second kappa shape index (κ2) is 5.00. The fourth-order valence-electron chi connectivity index (χ4n) is 3.45. The van der Waals surface area contributed by atoms with Crippen LogP contribution in [0.25, 0.3) is 0 Å². The van der Waals surface area contributed by atoms with Crippen LogP contribution < -0.4 is 4.74 Å². The van der Waals surface area contributed by atoms with Crippen molar-refractivity contribution in [1.82, 2.24) is 4.90 Å². The summed E-state index contributed by atoms with van der Waals surface area (Å²) in [5.41, 5.74) is 0.487. The van der Waals surface area contributed by atoms with Crippen LogP contribution in [0.1, 0.15) is 26.3 Å². The lowest BCUT2D eigenvalue weighted by atomic mass is 10.1. The molecular formula is C17H21NO4. The third kappa shape index (κ3) is 2.25. The molecule has 1 heterocycles. The number of carboxylic acids is 1. The van der Waals surface area contributed by atoms with Gasteiger partial charge in [0.1, 0.15) is 12.4 Å². The normalized spacial score (nSPS) is 29.0. The van der Waals surface area contributed by atoms with Crippen LogP contribution in [-0.4, -0.2) is 34.5 Å². The molecule has 3 rings (SSSR count). The van der Waals surface area contributed by atoms with Gasteiger partial charge in [-0.15, -0.1) is 0 Å². The molecule has 1 unspecified atom stereocenters. The van der Waals surface area contributed by atoms with Crippen LogP contribution in [0.3, 0.4) is 0 Å². The Hall–Kier alpha value is -2.04. The average Bonchev–Trinajstić information content (AvgIpc) is 3.09. The van der Waals surface area contributed by atoms with Gasteiger partial charge in [0, 0.05) is 12.1 Å². The van der Waals surface area contributed by atoms with Crippen molar-refractivity contribution in [3.05, 3.63) is 29.8 Å². The number of amides is 1. The summed E-state index contributed by atoms with van der Waals surface area (Å²) in [6.45, 7) is 6.53. The number of carbonyl (C=O) groups excluding carboxylic acids is 1. The number of carboxylic acid groups (broad SMARTS) is 1. The van der Waals surface area contributed by atoms with Gasteiger partial charge in [-0.1, -0.05) is 32.0 Å². The summed E-state index contributed by atoms with van der Waals surface area (Å²) in [4.78, 5) is 26.0. The maximum atomic E-state index is 12.9. The number of carbonyl (C=O) groups is 2. The van der Waals surface area contributed by atoms with Gasteiger partial charge in [0.15, 0.2) is 0 Å². The van der Waals surface area contributed by atoms with Gasteiger partial charge in [0.25, 0.3) is 0 Å². The number of rotatable bonds is 2. The minimum absolute atomic E-state index is 0.0780. The molecule has 0 saturated heterocycles. The highest BCUT2D eigenvalue weighted by Crippen LogP contribution is 2.59. The molecule has 1 aliphatic heterocycles. The fourth-order valence-corrected chi connectivity index (χ4v) is 3.45. The van der Waals surface area contributed by atoms with Crippen molar-refractivity contribution in [2.45, 2.75) is 33.4 Å². The highest BCUT2D eigenvalue weighted by atomic mass is 16.5. The second-order valence-electron chi connectivity index (χ2n) is 6.85. The van der Waals surface area contributed by atoms with E-state index >= 15 is 0 Å². The van der Waals surface area contributed by atoms with E-state index in [1.165, 1.54) is 0 Å². The molecule has 22 heavy (non-hydrogen) atoms. The Morgan fingerprint density at radius 2 is 1.95 bits per heavy atom. The van der Waals surface area contributed by atoms with Gasteiger partial charge in [0.2, 0.25) is 5.91 Å². The number of hydrogen-bond acceptors (Lipinski definition) is 3. The minimum atomic E-state index is -0.887. The Morgan fingerprint density at radius 3 is 2.59 bits per heavy atom. The van der Waals surface area contributed by atoms with E-state index in [4.69, 9.17) is 4.74 Å². The summed E-state index contributed by atoms with van der Waals surface area (Å²) >= 11 is 0. The molecule has 0 radical (unpaired) electrons. The summed E-state index contributed by atoms with van der Waals surface area (Å²) in [6.07, 6.45) is 0. The van der Waals surface area contributed by atoms with Gasteiger partial charge >= 0.3 is 5.97 Å². The minimum Gasteiger partial charge on any atom is -0.491 e. The molecule has 5 heteroatoms. The molecule has 1 amide bonds. The van der Waals surface area contributed by atoms with E-state index in [-0.39, 0.29) is 11.9 Å². The first-order chi connectivity index (χ1) is 10.3. The fraction of sp³-hybridized carbons (Fsp3) is 0.529. The predicted molar refractivity (Wildman–Crippen MR) is 80.3 cm³/mol. The first-order valence-corrected chi connectivity index (χ1v) is 7.58. The largest absolute Gasteiger partial charge is 0.491 e. The monoisotopic (exact) mass is 303 g/mol. The smallest absolute Gasteiger partial charge is 0.307 e. The van der Waals surface area contributed by atoms with E-state index in [0.717, 1.165) is 11.3 Å². The molecule has 0 bridgehead atoms. The van der Waals surface area contributed by atoms with Gasteiger partial charge < -0.3 is 14.7 Å². The van der Waals surface area contributed by atoms with Gasteiger partial charge in [-0.3, -0.25) is 9.59 Å². The summed E-state index contributed by atoms with van der Waals surface area (Å²) in [5.74, 6) is -1.20. The predicted octanol–water partition coefficient (Wildman–Crippen LogP) is 2.15. The Bertz CT molecular complexity index is 625. The number of fused-ring (bicyclic) bond motifs is 1. The third-order valence-electron chi connectivity index (χ3n) is 4.97. The molecule has 1 N–H and O–H groups in total. The van der Waals surface area contributed by atoms with Crippen molar-refractivity contribution in [3.63, 3.8) is 0 Å². The number of benzene rings is 1. The molecule has 0 aromatic heterocycles. The first-order valence-electron chi connectivity index (χ1n) is 7.58. The second-order valence-corrected chi connectivity index (χ2v) is 6.85. The van der Waals surface area contributed by atoms with Crippen molar-refractivity contribution >= 4 is 11.9 Å². The van der Waals surface area contributed by atoms with Crippen molar-refractivity contribution < 1.29 is 19.4 Å².